The first kappa shape index (κ1) is 23.8. The summed E-state index contributed by atoms with van der Waals surface area (Å²) < 4.78 is 11.9. The topological polar surface area (TPSA) is 59.9 Å². The molecular weight excluding hydrogens is 460 g/mol. The first-order valence-electron chi connectivity index (χ1n) is 12.0. The zero-order chi connectivity index (χ0) is 25.3. The largest absolute Gasteiger partial charge is 0.489 e. The van der Waals surface area contributed by atoms with Gasteiger partial charge < -0.3 is 9.47 Å². The van der Waals surface area contributed by atoms with Gasteiger partial charge in [0, 0.05) is 0 Å². The molecule has 0 aliphatic carbocycles. The lowest BCUT2D eigenvalue weighted by atomic mass is 10.1. The number of para-hydroxylation sites is 1. The van der Waals surface area contributed by atoms with Crippen molar-refractivity contribution in [3.05, 3.63) is 144 Å². The highest BCUT2D eigenvalue weighted by molar-refractivity contribution is 5.97. The summed E-state index contributed by atoms with van der Waals surface area (Å²) in [5.74, 6) is 0.931. The number of hydrogen-bond donors (Lipinski definition) is 1. The first-order valence-corrected chi connectivity index (χ1v) is 12.0. The molecule has 0 spiro atoms. The van der Waals surface area contributed by atoms with Crippen LogP contribution in [0.1, 0.15) is 27.0 Å². The number of hydrogen-bond acceptors (Lipinski definition) is 4. The molecule has 0 bridgehead atoms. The highest BCUT2D eigenvalue weighted by atomic mass is 16.5. The third kappa shape index (κ3) is 6.21. The molecule has 182 valence electrons. The molecule has 0 radical (unpaired) electrons. The third-order valence-electron chi connectivity index (χ3n) is 5.90. The van der Waals surface area contributed by atoms with Gasteiger partial charge in [-0.05, 0) is 63.9 Å². The molecule has 1 amide bonds. The molecule has 37 heavy (non-hydrogen) atoms. The van der Waals surface area contributed by atoms with E-state index in [9.17, 15) is 4.79 Å². The smallest absolute Gasteiger partial charge is 0.275 e. The molecule has 0 saturated heterocycles. The average molecular weight is 487 g/mol. The van der Waals surface area contributed by atoms with Crippen LogP contribution in [0.25, 0.3) is 10.8 Å². The minimum Gasteiger partial charge on any atom is -0.489 e. The summed E-state index contributed by atoms with van der Waals surface area (Å²) in [6.45, 7) is 0.861. The van der Waals surface area contributed by atoms with Gasteiger partial charge in [-0.3, -0.25) is 4.79 Å². The van der Waals surface area contributed by atoms with Crippen molar-refractivity contribution in [1.29, 1.82) is 0 Å². The molecule has 0 fully saturated rings. The maximum atomic E-state index is 12.7. The molecule has 0 unspecified atom stereocenters. The number of benzene rings is 5. The van der Waals surface area contributed by atoms with Crippen LogP contribution in [0.4, 0.5) is 0 Å². The zero-order valence-corrected chi connectivity index (χ0v) is 20.2. The molecule has 1 N–H and O–H groups in total. The number of ether oxygens (including phenoxy) is 2. The van der Waals surface area contributed by atoms with Crippen molar-refractivity contribution in [1.82, 2.24) is 5.43 Å². The Balaban J connectivity index is 1.16. The second kappa shape index (κ2) is 11.7. The van der Waals surface area contributed by atoms with E-state index in [1.807, 2.05) is 78.9 Å². The van der Waals surface area contributed by atoms with E-state index in [2.05, 4.69) is 34.8 Å². The SMILES string of the molecule is O=C(N/N=C/c1ccc(OCc2cccc3ccccc23)cc1)c1ccccc1OCc1ccccc1. The van der Waals surface area contributed by atoms with Gasteiger partial charge in [-0.25, -0.2) is 5.43 Å². The summed E-state index contributed by atoms with van der Waals surface area (Å²) >= 11 is 0. The number of amides is 1. The second-order valence-electron chi connectivity index (χ2n) is 8.47. The van der Waals surface area contributed by atoms with Crippen molar-refractivity contribution in [3.63, 3.8) is 0 Å². The lowest BCUT2D eigenvalue weighted by Crippen LogP contribution is -2.18. The molecule has 0 aliphatic heterocycles. The van der Waals surface area contributed by atoms with Gasteiger partial charge in [0.2, 0.25) is 0 Å². The molecule has 5 aromatic rings. The van der Waals surface area contributed by atoms with Crippen molar-refractivity contribution < 1.29 is 14.3 Å². The monoisotopic (exact) mass is 486 g/mol. The highest BCUT2D eigenvalue weighted by Gasteiger charge is 2.11. The number of nitrogens with zero attached hydrogens (tertiary/aromatic N) is 1. The summed E-state index contributed by atoms with van der Waals surface area (Å²) in [5.41, 5.74) is 6.01. The quantitative estimate of drug-likeness (QED) is 0.185. The molecule has 5 nitrogen and oxygen atoms in total. The normalized spacial score (nSPS) is 10.9. The predicted octanol–water partition coefficient (Wildman–Crippen LogP) is 6.76. The Morgan fingerprint density at radius 2 is 1.43 bits per heavy atom. The Labute approximate surface area is 216 Å². The third-order valence-corrected chi connectivity index (χ3v) is 5.90. The van der Waals surface area contributed by atoms with Crippen LogP contribution in [-0.4, -0.2) is 12.1 Å². The average Bonchev–Trinajstić information content (AvgIpc) is 2.96. The molecule has 0 saturated carbocycles. The van der Waals surface area contributed by atoms with E-state index >= 15 is 0 Å². The fourth-order valence-electron chi connectivity index (χ4n) is 3.97. The van der Waals surface area contributed by atoms with Crippen molar-refractivity contribution in [2.45, 2.75) is 13.2 Å². The van der Waals surface area contributed by atoms with Crippen molar-refractivity contribution in [2.75, 3.05) is 0 Å². The number of carbonyl (C=O) groups excluding carboxylic acids is 1. The molecule has 0 atom stereocenters. The van der Waals surface area contributed by atoms with Gasteiger partial charge in [0.25, 0.3) is 5.91 Å². The summed E-state index contributed by atoms with van der Waals surface area (Å²) in [4.78, 5) is 12.7. The van der Waals surface area contributed by atoms with Crippen LogP contribution in [0.5, 0.6) is 11.5 Å². The molecule has 0 aromatic heterocycles. The van der Waals surface area contributed by atoms with Crippen LogP contribution in [0, 0.1) is 0 Å². The van der Waals surface area contributed by atoms with E-state index < -0.39 is 0 Å². The Bertz CT molecular complexity index is 1510. The maximum absolute atomic E-state index is 12.7. The van der Waals surface area contributed by atoms with Crippen molar-refractivity contribution in [2.24, 2.45) is 5.10 Å². The van der Waals surface area contributed by atoms with Crippen LogP contribution in [0.2, 0.25) is 0 Å². The number of rotatable bonds is 9. The standard InChI is InChI=1S/C32H26N2O3/c35-32(30-15-6-7-16-31(30)37-22-25-9-2-1-3-10-25)34-33-21-24-17-19-28(20-18-24)36-23-27-13-8-12-26-11-4-5-14-29(26)27/h1-21H,22-23H2,(H,34,35)/b33-21+. The van der Waals surface area contributed by atoms with Crippen LogP contribution in [-0.2, 0) is 13.2 Å². The lowest BCUT2D eigenvalue weighted by molar-refractivity contribution is 0.0950. The predicted molar refractivity (Wildman–Crippen MR) is 147 cm³/mol. The zero-order valence-electron chi connectivity index (χ0n) is 20.2. The van der Waals surface area contributed by atoms with E-state index in [0.29, 0.717) is 24.5 Å². The Kier molecular flexibility index (Phi) is 7.53. The van der Waals surface area contributed by atoms with Crippen LogP contribution < -0.4 is 14.9 Å². The lowest BCUT2D eigenvalue weighted by Gasteiger charge is -2.10. The first-order chi connectivity index (χ1) is 18.3. The highest BCUT2D eigenvalue weighted by Crippen LogP contribution is 2.21. The van der Waals surface area contributed by atoms with Gasteiger partial charge >= 0.3 is 0 Å². The minimum absolute atomic E-state index is 0.338. The number of carbonyl (C=O) groups is 1. The fourth-order valence-corrected chi connectivity index (χ4v) is 3.97. The molecule has 5 aromatic carbocycles. The molecule has 0 heterocycles. The number of nitrogens with one attached hydrogen (secondary N) is 1. The Morgan fingerprint density at radius 1 is 0.703 bits per heavy atom. The van der Waals surface area contributed by atoms with Crippen LogP contribution in [0.15, 0.2) is 126 Å². The van der Waals surface area contributed by atoms with E-state index in [0.717, 1.165) is 22.4 Å². The van der Waals surface area contributed by atoms with Gasteiger partial charge in [0.15, 0.2) is 0 Å². The van der Waals surface area contributed by atoms with Gasteiger partial charge in [0.1, 0.15) is 24.7 Å². The van der Waals surface area contributed by atoms with Gasteiger partial charge in [-0.1, -0.05) is 84.9 Å². The summed E-state index contributed by atoms with van der Waals surface area (Å²) in [5, 5.41) is 6.50. The number of hydrazone groups is 1. The Hall–Kier alpha value is -4.90. The van der Waals surface area contributed by atoms with Crippen LogP contribution in [0.3, 0.4) is 0 Å². The summed E-state index contributed by atoms with van der Waals surface area (Å²) in [6.07, 6.45) is 1.60. The van der Waals surface area contributed by atoms with Crippen molar-refractivity contribution >= 4 is 22.9 Å². The van der Waals surface area contributed by atoms with Gasteiger partial charge in [-0.2, -0.15) is 5.10 Å². The van der Waals surface area contributed by atoms with E-state index in [4.69, 9.17) is 9.47 Å². The van der Waals surface area contributed by atoms with E-state index in [-0.39, 0.29) is 5.91 Å². The van der Waals surface area contributed by atoms with E-state index in [1.165, 1.54) is 10.8 Å². The maximum Gasteiger partial charge on any atom is 0.275 e. The van der Waals surface area contributed by atoms with Crippen LogP contribution >= 0.6 is 0 Å². The molecular formula is C32H26N2O3. The fraction of sp³-hybridized carbons (Fsp3) is 0.0625. The van der Waals surface area contributed by atoms with E-state index in [1.54, 1.807) is 24.4 Å². The van der Waals surface area contributed by atoms with Gasteiger partial charge in [0.05, 0.1) is 11.8 Å². The molecule has 0 aliphatic rings. The summed E-state index contributed by atoms with van der Waals surface area (Å²) in [7, 11) is 0. The van der Waals surface area contributed by atoms with Gasteiger partial charge in [-0.15, -0.1) is 0 Å². The summed E-state index contributed by atoms with van der Waals surface area (Å²) in [6, 6.07) is 39.0. The number of fused-ring (bicyclic) bond motifs is 1. The minimum atomic E-state index is -0.338. The Morgan fingerprint density at radius 3 is 2.30 bits per heavy atom. The van der Waals surface area contributed by atoms with Crippen molar-refractivity contribution in [3.8, 4) is 11.5 Å². The second-order valence-corrected chi connectivity index (χ2v) is 8.47. The molecule has 5 heteroatoms. The molecule has 5 rings (SSSR count).